The van der Waals surface area contributed by atoms with Crippen molar-refractivity contribution in [2.75, 3.05) is 6.54 Å². The van der Waals surface area contributed by atoms with Crippen molar-refractivity contribution in [3.05, 3.63) is 64.4 Å². The van der Waals surface area contributed by atoms with Crippen LogP contribution in [0.1, 0.15) is 73.7 Å². The lowest BCUT2D eigenvalue weighted by atomic mass is 10.1. The van der Waals surface area contributed by atoms with E-state index < -0.39 is 0 Å². The van der Waals surface area contributed by atoms with Crippen molar-refractivity contribution in [3.8, 4) is 0 Å². The second-order valence-corrected chi connectivity index (χ2v) is 9.68. The minimum absolute atomic E-state index is 0.0763. The monoisotopic (exact) mass is 437 g/mol. The van der Waals surface area contributed by atoms with Gasteiger partial charge in [-0.05, 0) is 62.4 Å². The molecule has 31 heavy (non-hydrogen) atoms. The highest BCUT2D eigenvalue weighted by Gasteiger charge is 2.25. The van der Waals surface area contributed by atoms with Crippen LogP contribution in [0.15, 0.2) is 42.5 Å². The van der Waals surface area contributed by atoms with Gasteiger partial charge in [-0.2, -0.15) is 0 Å². The van der Waals surface area contributed by atoms with Crippen LogP contribution in [0.3, 0.4) is 0 Å². The fourth-order valence-electron chi connectivity index (χ4n) is 4.60. The van der Waals surface area contributed by atoms with Gasteiger partial charge in [-0.15, -0.1) is 0 Å². The van der Waals surface area contributed by atoms with E-state index in [1.807, 2.05) is 54.3 Å². The molecule has 0 unspecified atom stereocenters. The van der Waals surface area contributed by atoms with Gasteiger partial charge in [0.2, 0.25) is 0 Å². The first-order valence-electron chi connectivity index (χ1n) is 11.4. The van der Waals surface area contributed by atoms with Gasteiger partial charge < -0.3 is 9.47 Å². The van der Waals surface area contributed by atoms with Gasteiger partial charge in [-0.25, -0.2) is 4.98 Å². The van der Waals surface area contributed by atoms with Gasteiger partial charge in [-0.3, -0.25) is 4.79 Å². The predicted molar refractivity (Wildman–Crippen MR) is 128 cm³/mol. The number of amides is 1. The minimum Gasteiger partial charge on any atom is -0.331 e. The smallest absolute Gasteiger partial charge is 0.254 e. The molecule has 164 valence electrons. The summed E-state index contributed by atoms with van der Waals surface area (Å²) in [5.41, 5.74) is 3.89. The van der Waals surface area contributed by atoms with E-state index in [0.29, 0.717) is 18.5 Å². The Bertz CT molecular complexity index is 1070. The number of hydrogen-bond donors (Lipinski definition) is 0. The Balaban J connectivity index is 1.71. The van der Waals surface area contributed by atoms with E-state index in [4.69, 9.17) is 16.6 Å². The molecular weight excluding hydrogens is 406 g/mol. The lowest BCUT2D eigenvalue weighted by Crippen LogP contribution is -2.33. The van der Waals surface area contributed by atoms with Crippen LogP contribution in [0.2, 0.25) is 5.02 Å². The highest BCUT2D eigenvalue weighted by molar-refractivity contribution is 6.31. The highest BCUT2D eigenvalue weighted by Crippen LogP contribution is 2.35. The molecule has 0 saturated heterocycles. The first kappa shape index (κ1) is 21.9. The van der Waals surface area contributed by atoms with Crippen LogP contribution in [0.4, 0.5) is 0 Å². The molecule has 0 aliphatic heterocycles. The molecule has 2 aromatic carbocycles. The van der Waals surface area contributed by atoms with Crippen LogP contribution < -0.4 is 0 Å². The standard InChI is InChI=1S/C26H32ClN3O/c1-18(2)13-14-29(26(31)20-8-6-7-19(3)15-20)17-25-28-23-12-11-21(27)16-24(23)30(25)22-9-4-5-10-22/h6-8,11-12,15-16,18,22H,4-5,9-10,13-14,17H2,1-3H3. The third-order valence-electron chi connectivity index (χ3n) is 6.28. The molecule has 1 heterocycles. The number of halogens is 1. The molecule has 1 aliphatic carbocycles. The Kier molecular flexibility index (Phi) is 6.66. The molecule has 3 aromatic rings. The van der Waals surface area contributed by atoms with Crippen LogP contribution in [0.5, 0.6) is 0 Å². The molecule has 0 radical (unpaired) electrons. The summed E-state index contributed by atoms with van der Waals surface area (Å²) in [5.74, 6) is 1.57. The largest absolute Gasteiger partial charge is 0.331 e. The molecule has 1 fully saturated rings. The first-order chi connectivity index (χ1) is 14.9. The predicted octanol–water partition coefficient (Wildman–Crippen LogP) is 6.80. The summed E-state index contributed by atoms with van der Waals surface area (Å²) >= 11 is 6.34. The summed E-state index contributed by atoms with van der Waals surface area (Å²) in [4.78, 5) is 20.4. The zero-order valence-corrected chi connectivity index (χ0v) is 19.5. The van der Waals surface area contributed by atoms with E-state index in [2.05, 4.69) is 18.4 Å². The Morgan fingerprint density at radius 1 is 1.19 bits per heavy atom. The van der Waals surface area contributed by atoms with Crippen molar-refractivity contribution in [2.24, 2.45) is 5.92 Å². The van der Waals surface area contributed by atoms with Gasteiger partial charge in [0.15, 0.2) is 0 Å². The molecule has 4 nitrogen and oxygen atoms in total. The Labute approximate surface area is 190 Å². The van der Waals surface area contributed by atoms with Crippen LogP contribution in [0, 0.1) is 12.8 Å². The van der Waals surface area contributed by atoms with Crippen LogP contribution in [-0.2, 0) is 6.54 Å². The van der Waals surface area contributed by atoms with Crippen molar-refractivity contribution in [3.63, 3.8) is 0 Å². The summed E-state index contributed by atoms with van der Waals surface area (Å²) in [5, 5.41) is 0.727. The van der Waals surface area contributed by atoms with Crippen molar-refractivity contribution >= 4 is 28.5 Å². The van der Waals surface area contributed by atoms with Crippen molar-refractivity contribution < 1.29 is 4.79 Å². The maximum absolute atomic E-state index is 13.5. The maximum atomic E-state index is 13.5. The number of aryl methyl sites for hydroxylation is 1. The second kappa shape index (κ2) is 9.44. The Hall–Kier alpha value is -2.33. The van der Waals surface area contributed by atoms with E-state index in [1.54, 1.807) is 0 Å². The highest BCUT2D eigenvalue weighted by atomic mass is 35.5. The van der Waals surface area contributed by atoms with Gasteiger partial charge in [0.05, 0.1) is 17.6 Å². The second-order valence-electron chi connectivity index (χ2n) is 9.25. The zero-order valence-electron chi connectivity index (χ0n) is 18.8. The van der Waals surface area contributed by atoms with Gasteiger partial charge in [0.25, 0.3) is 5.91 Å². The van der Waals surface area contributed by atoms with E-state index in [-0.39, 0.29) is 5.91 Å². The fraction of sp³-hybridized carbons (Fsp3) is 0.462. The molecule has 1 saturated carbocycles. The molecule has 1 amide bonds. The average molecular weight is 438 g/mol. The summed E-state index contributed by atoms with van der Waals surface area (Å²) in [6.07, 6.45) is 5.76. The van der Waals surface area contributed by atoms with E-state index in [0.717, 1.165) is 58.8 Å². The lowest BCUT2D eigenvalue weighted by Gasteiger charge is -2.25. The first-order valence-corrected chi connectivity index (χ1v) is 11.8. The topological polar surface area (TPSA) is 38.1 Å². The quantitative estimate of drug-likeness (QED) is 0.407. The molecule has 1 aliphatic rings. The number of carbonyl (C=O) groups excluding carboxylic acids is 1. The molecule has 0 atom stereocenters. The molecule has 0 bridgehead atoms. The van der Waals surface area contributed by atoms with Gasteiger partial charge >= 0.3 is 0 Å². The third kappa shape index (κ3) is 4.95. The third-order valence-corrected chi connectivity index (χ3v) is 6.51. The number of fused-ring (bicyclic) bond motifs is 1. The van der Waals surface area contributed by atoms with Crippen LogP contribution in [0.25, 0.3) is 11.0 Å². The lowest BCUT2D eigenvalue weighted by molar-refractivity contribution is 0.0728. The Morgan fingerprint density at radius 2 is 1.97 bits per heavy atom. The number of hydrogen-bond acceptors (Lipinski definition) is 2. The van der Waals surface area contributed by atoms with Gasteiger partial charge in [0.1, 0.15) is 5.82 Å². The maximum Gasteiger partial charge on any atom is 0.254 e. The molecular formula is C26H32ClN3O. The van der Waals surface area contributed by atoms with Crippen LogP contribution in [-0.4, -0.2) is 26.9 Å². The number of imidazole rings is 1. The zero-order chi connectivity index (χ0) is 22.0. The average Bonchev–Trinajstić information content (AvgIpc) is 3.37. The molecule has 4 rings (SSSR count). The number of nitrogens with zero attached hydrogens (tertiary/aromatic N) is 3. The van der Waals surface area contributed by atoms with E-state index in [1.165, 1.54) is 12.8 Å². The molecule has 0 spiro atoms. The Morgan fingerprint density at radius 3 is 2.68 bits per heavy atom. The van der Waals surface area contributed by atoms with Crippen molar-refractivity contribution in [2.45, 2.75) is 65.5 Å². The summed E-state index contributed by atoms with van der Waals surface area (Å²) in [7, 11) is 0. The van der Waals surface area contributed by atoms with E-state index >= 15 is 0 Å². The van der Waals surface area contributed by atoms with E-state index in [9.17, 15) is 4.79 Å². The number of carbonyl (C=O) groups is 1. The van der Waals surface area contributed by atoms with Gasteiger partial charge in [-0.1, -0.05) is 56.0 Å². The molecule has 0 N–H and O–H groups in total. The minimum atomic E-state index is 0.0763. The van der Waals surface area contributed by atoms with Crippen molar-refractivity contribution in [1.29, 1.82) is 0 Å². The van der Waals surface area contributed by atoms with Crippen LogP contribution >= 0.6 is 11.6 Å². The molecule has 5 heteroatoms. The van der Waals surface area contributed by atoms with Gasteiger partial charge in [0, 0.05) is 23.2 Å². The summed E-state index contributed by atoms with van der Waals surface area (Å²) in [6.45, 7) is 7.66. The number of benzene rings is 2. The summed E-state index contributed by atoms with van der Waals surface area (Å²) in [6, 6.07) is 14.2. The number of rotatable bonds is 7. The van der Waals surface area contributed by atoms with Crippen molar-refractivity contribution in [1.82, 2.24) is 14.5 Å². The SMILES string of the molecule is Cc1cccc(C(=O)N(CCC(C)C)Cc2nc3ccc(Cl)cc3n2C2CCCC2)c1. The summed E-state index contributed by atoms with van der Waals surface area (Å²) < 4.78 is 2.36. The fourth-order valence-corrected chi connectivity index (χ4v) is 4.76. The normalized spacial score (nSPS) is 14.6. The number of aromatic nitrogens is 2. The molecule has 1 aromatic heterocycles.